The minimum Gasteiger partial charge on any atom is -0.370 e. The van der Waals surface area contributed by atoms with E-state index in [0.717, 1.165) is 30.6 Å². The lowest BCUT2D eigenvalue weighted by atomic mass is 10.0. The Morgan fingerprint density at radius 2 is 2.05 bits per heavy atom. The Bertz CT molecular complexity index is 543. The van der Waals surface area contributed by atoms with Crippen LogP contribution >= 0.6 is 0 Å². The van der Waals surface area contributed by atoms with E-state index >= 15 is 0 Å². The molecule has 0 amide bonds. The third kappa shape index (κ3) is 3.73. The minimum atomic E-state index is -2.93. The summed E-state index contributed by atoms with van der Waals surface area (Å²) in [4.78, 5) is 2.18. The second-order valence-electron chi connectivity index (χ2n) is 5.45. The lowest BCUT2D eigenvalue weighted by Gasteiger charge is -2.25. The number of hydrogen-bond donors (Lipinski definition) is 1. The van der Waals surface area contributed by atoms with Crippen molar-refractivity contribution in [3.8, 4) is 0 Å². The Morgan fingerprint density at radius 1 is 1.30 bits per heavy atom. The molecule has 1 aromatic carbocycles. The molecule has 1 aliphatic rings. The molecule has 0 bridgehead atoms. The van der Waals surface area contributed by atoms with Gasteiger partial charge in [-0.15, -0.1) is 0 Å². The zero-order valence-electron chi connectivity index (χ0n) is 12.1. The van der Waals surface area contributed by atoms with Gasteiger partial charge in [0.1, 0.15) is 0 Å². The van der Waals surface area contributed by atoms with Crippen molar-refractivity contribution >= 4 is 15.5 Å². The van der Waals surface area contributed by atoms with Crippen molar-refractivity contribution in [2.45, 2.75) is 32.2 Å². The van der Waals surface area contributed by atoms with E-state index in [1.807, 2.05) is 25.1 Å². The normalized spacial score (nSPS) is 19.5. The molecule has 20 heavy (non-hydrogen) atoms. The van der Waals surface area contributed by atoms with Crippen LogP contribution < -0.4 is 10.6 Å². The van der Waals surface area contributed by atoms with Crippen LogP contribution in [0.5, 0.6) is 0 Å². The van der Waals surface area contributed by atoms with Gasteiger partial charge in [-0.2, -0.15) is 0 Å². The Morgan fingerprint density at radius 3 is 2.80 bits per heavy atom. The van der Waals surface area contributed by atoms with E-state index < -0.39 is 9.84 Å². The fourth-order valence-corrected chi connectivity index (χ4v) is 4.09. The van der Waals surface area contributed by atoms with Gasteiger partial charge >= 0.3 is 0 Å². The molecule has 2 rings (SSSR count). The van der Waals surface area contributed by atoms with Gasteiger partial charge in [-0.3, -0.25) is 0 Å². The number of anilines is 1. The summed E-state index contributed by atoms with van der Waals surface area (Å²) in [6.45, 7) is 3.34. The predicted octanol–water partition coefficient (Wildman–Crippen LogP) is 2.11. The van der Waals surface area contributed by atoms with Crippen LogP contribution in [0.2, 0.25) is 0 Å². The summed E-state index contributed by atoms with van der Waals surface area (Å²) in [5, 5.41) is 0. The summed E-state index contributed by atoms with van der Waals surface area (Å²) in [5.74, 6) is 0.506. The van der Waals surface area contributed by atoms with Crippen molar-refractivity contribution in [1.29, 1.82) is 0 Å². The second-order valence-corrected chi connectivity index (χ2v) is 7.75. The Labute approximate surface area is 121 Å². The van der Waals surface area contributed by atoms with E-state index in [2.05, 4.69) is 11.0 Å². The number of sulfone groups is 1. The van der Waals surface area contributed by atoms with E-state index in [1.165, 1.54) is 0 Å². The van der Waals surface area contributed by atoms with Gasteiger partial charge in [0, 0.05) is 30.6 Å². The number of nitrogens with zero attached hydrogens (tertiary/aromatic N) is 1. The SMILES string of the molecule is CCCS(=O)(=O)CCN1CCCC(N)c2ccccc21. The molecule has 112 valence electrons. The van der Waals surface area contributed by atoms with Crippen LogP contribution in [-0.2, 0) is 9.84 Å². The van der Waals surface area contributed by atoms with Crippen molar-refractivity contribution in [3.63, 3.8) is 0 Å². The molecule has 2 N–H and O–H groups in total. The third-order valence-electron chi connectivity index (χ3n) is 3.81. The molecule has 4 nitrogen and oxygen atoms in total. The van der Waals surface area contributed by atoms with Gasteiger partial charge in [0.15, 0.2) is 9.84 Å². The molecule has 1 aliphatic heterocycles. The zero-order chi connectivity index (χ0) is 14.6. The summed E-state index contributed by atoms with van der Waals surface area (Å²) in [6.07, 6.45) is 2.64. The monoisotopic (exact) mass is 296 g/mol. The first kappa shape index (κ1) is 15.3. The molecule has 0 fully saturated rings. The van der Waals surface area contributed by atoms with E-state index in [-0.39, 0.29) is 17.5 Å². The molecule has 0 aliphatic carbocycles. The minimum absolute atomic E-state index is 0.0587. The Kier molecular flexibility index (Phi) is 5.05. The molecule has 0 radical (unpaired) electrons. The number of nitrogens with two attached hydrogens (primary N) is 1. The number of rotatable bonds is 5. The smallest absolute Gasteiger partial charge is 0.152 e. The molecule has 1 heterocycles. The van der Waals surface area contributed by atoms with Crippen molar-refractivity contribution in [2.24, 2.45) is 5.73 Å². The summed E-state index contributed by atoms with van der Waals surface area (Å²) in [7, 11) is -2.93. The standard InChI is InChI=1S/C15H24N2O2S/c1-2-11-20(18,19)12-10-17-9-5-7-14(16)13-6-3-4-8-15(13)17/h3-4,6,8,14H,2,5,7,9-12,16H2,1H3. The lowest BCUT2D eigenvalue weighted by Crippen LogP contribution is -2.31. The van der Waals surface area contributed by atoms with Crippen LogP contribution in [0.25, 0.3) is 0 Å². The van der Waals surface area contributed by atoms with Crippen molar-refractivity contribution in [3.05, 3.63) is 29.8 Å². The van der Waals surface area contributed by atoms with Crippen molar-refractivity contribution in [2.75, 3.05) is 29.5 Å². The molecular weight excluding hydrogens is 272 g/mol. The van der Waals surface area contributed by atoms with Gasteiger partial charge in [0.05, 0.1) is 5.75 Å². The van der Waals surface area contributed by atoms with Crippen LogP contribution in [0.4, 0.5) is 5.69 Å². The molecule has 0 saturated heterocycles. The number of hydrogen-bond acceptors (Lipinski definition) is 4. The Balaban J connectivity index is 2.14. The number of fused-ring (bicyclic) bond motifs is 1. The molecular formula is C15H24N2O2S. The lowest BCUT2D eigenvalue weighted by molar-refractivity contribution is 0.591. The predicted molar refractivity (Wildman–Crippen MR) is 83.8 cm³/mol. The maximum atomic E-state index is 11.9. The molecule has 1 atom stereocenters. The zero-order valence-corrected chi connectivity index (χ0v) is 12.9. The summed E-state index contributed by atoms with van der Waals surface area (Å²) < 4.78 is 23.8. The fraction of sp³-hybridized carbons (Fsp3) is 0.600. The molecule has 0 saturated carbocycles. The molecule has 1 unspecified atom stereocenters. The van der Waals surface area contributed by atoms with Gasteiger partial charge in [-0.25, -0.2) is 8.42 Å². The maximum Gasteiger partial charge on any atom is 0.152 e. The van der Waals surface area contributed by atoms with Crippen LogP contribution in [0.1, 0.15) is 37.8 Å². The maximum absolute atomic E-state index is 11.9. The van der Waals surface area contributed by atoms with E-state index in [4.69, 9.17) is 5.73 Å². The van der Waals surface area contributed by atoms with Crippen LogP contribution in [0.3, 0.4) is 0 Å². The highest BCUT2D eigenvalue weighted by atomic mass is 32.2. The van der Waals surface area contributed by atoms with E-state index in [9.17, 15) is 8.42 Å². The first-order valence-electron chi connectivity index (χ1n) is 7.33. The quantitative estimate of drug-likeness (QED) is 0.904. The molecule has 5 heteroatoms. The van der Waals surface area contributed by atoms with Gasteiger partial charge in [-0.05, 0) is 30.9 Å². The summed E-state index contributed by atoms with van der Waals surface area (Å²) >= 11 is 0. The van der Waals surface area contributed by atoms with Crippen LogP contribution in [0.15, 0.2) is 24.3 Å². The number of para-hydroxylation sites is 1. The highest BCUT2D eigenvalue weighted by Crippen LogP contribution is 2.31. The van der Waals surface area contributed by atoms with Gasteiger partial charge in [0.25, 0.3) is 0 Å². The van der Waals surface area contributed by atoms with Crippen LogP contribution in [-0.4, -0.2) is 33.0 Å². The van der Waals surface area contributed by atoms with E-state index in [1.54, 1.807) is 0 Å². The first-order valence-corrected chi connectivity index (χ1v) is 9.15. The van der Waals surface area contributed by atoms with Gasteiger partial charge in [0.2, 0.25) is 0 Å². The van der Waals surface area contributed by atoms with E-state index in [0.29, 0.717) is 13.0 Å². The molecule has 1 aromatic rings. The average molecular weight is 296 g/mol. The van der Waals surface area contributed by atoms with Gasteiger partial charge in [-0.1, -0.05) is 25.1 Å². The summed E-state index contributed by atoms with van der Waals surface area (Å²) in [5.41, 5.74) is 8.43. The molecule has 0 spiro atoms. The topological polar surface area (TPSA) is 63.4 Å². The fourth-order valence-electron chi connectivity index (χ4n) is 2.76. The van der Waals surface area contributed by atoms with Gasteiger partial charge < -0.3 is 10.6 Å². The summed E-state index contributed by atoms with van der Waals surface area (Å²) in [6, 6.07) is 8.15. The molecule has 0 aromatic heterocycles. The highest BCUT2D eigenvalue weighted by molar-refractivity contribution is 7.91. The second kappa shape index (κ2) is 6.59. The highest BCUT2D eigenvalue weighted by Gasteiger charge is 2.21. The third-order valence-corrected chi connectivity index (χ3v) is 5.64. The first-order chi connectivity index (χ1) is 9.53. The van der Waals surface area contributed by atoms with Crippen molar-refractivity contribution < 1.29 is 8.42 Å². The van der Waals surface area contributed by atoms with Crippen molar-refractivity contribution in [1.82, 2.24) is 0 Å². The average Bonchev–Trinajstić information content (AvgIpc) is 2.57. The Hall–Kier alpha value is -1.07. The van der Waals surface area contributed by atoms with Crippen LogP contribution in [0, 0.1) is 0 Å². The largest absolute Gasteiger partial charge is 0.370 e. The number of benzene rings is 1.